The van der Waals surface area contributed by atoms with E-state index in [0.717, 1.165) is 12.8 Å². The third kappa shape index (κ3) is 4.23. The maximum absolute atomic E-state index is 12.5. The number of anilines is 1. The number of nitrogens with one attached hydrogen (secondary N) is 2. The Bertz CT molecular complexity index is 690. The summed E-state index contributed by atoms with van der Waals surface area (Å²) in [5.41, 5.74) is 0.240. The van der Waals surface area contributed by atoms with Crippen LogP contribution < -0.4 is 10.6 Å². The fraction of sp³-hybridized carbons (Fsp3) is 0.375. The summed E-state index contributed by atoms with van der Waals surface area (Å²) < 4.78 is 0. The maximum Gasteiger partial charge on any atom is 0.282 e. The summed E-state index contributed by atoms with van der Waals surface area (Å²) in [7, 11) is 0. The molecule has 2 amide bonds. The molecular weight excluding hydrogens is 312 g/mol. The van der Waals surface area contributed by atoms with Gasteiger partial charge in [0.05, 0.1) is 18.0 Å². The molecule has 0 saturated carbocycles. The molecule has 0 aliphatic carbocycles. The van der Waals surface area contributed by atoms with Crippen LogP contribution in [-0.4, -0.2) is 47.8 Å². The molecule has 8 nitrogen and oxygen atoms in total. The molecular formula is C16H18N4O4. The van der Waals surface area contributed by atoms with Crippen molar-refractivity contribution in [3.8, 4) is 12.3 Å². The Kier molecular flexibility index (Phi) is 5.73. The van der Waals surface area contributed by atoms with Crippen LogP contribution in [0.3, 0.4) is 0 Å². The molecule has 0 bridgehead atoms. The van der Waals surface area contributed by atoms with Crippen molar-refractivity contribution in [3.63, 3.8) is 0 Å². The van der Waals surface area contributed by atoms with E-state index >= 15 is 0 Å². The van der Waals surface area contributed by atoms with Crippen molar-refractivity contribution in [1.82, 2.24) is 10.2 Å². The number of rotatable bonds is 6. The van der Waals surface area contributed by atoms with Crippen molar-refractivity contribution in [2.75, 3.05) is 31.5 Å². The van der Waals surface area contributed by atoms with Gasteiger partial charge in [0.2, 0.25) is 5.91 Å². The van der Waals surface area contributed by atoms with Crippen molar-refractivity contribution in [1.29, 1.82) is 0 Å². The second-order valence-corrected chi connectivity index (χ2v) is 5.32. The minimum absolute atomic E-state index is 0.0240. The Balaban J connectivity index is 2.15. The van der Waals surface area contributed by atoms with Crippen LogP contribution in [0.15, 0.2) is 18.2 Å². The predicted molar refractivity (Wildman–Crippen MR) is 88.6 cm³/mol. The number of carbonyl (C=O) groups excluding carboxylic acids is 2. The first-order valence-corrected chi connectivity index (χ1v) is 7.54. The lowest BCUT2D eigenvalue weighted by Crippen LogP contribution is -2.30. The zero-order chi connectivity index (χ0) is 17.5. The normalized spacial score (nSPS) is 13.2. The Morgan fingerprint density at radius 1 is 1.33 bits per heavy atom. The highest BCUT2D eigenvalue weighted by atomic mass is 16.6. The molecule has 0 atom stereocenters. The number of nitro groups is 1. The maximum atomic E-state index is 12.5. The molecule has 0 unspecified atom stereocenters. The number of terminal acetylenes is 1. The van der Waals surface area contributed by atoms with Gasteiger partial charge in [-0.25, -0.2) is 0 Å². The van der Waals surface area contributed by atoms with Crippen LogP contribution >= 0.6 is 0 Å². The summed E-state index contributed by atoms with van der Waals surface area (Å²) in [5, 5.41) is 16.5. The summed E-state index contributed by atoms with van der Waals surface area (Å²) in [6, 6.07) is 4.14. The molecule has 1 aromatic carbocycles. The van der Waals surface area contributed by atoms with E-state index in [9.17, 15) is 19.7 Å². The predicted octanol–water partition coefficient (Wildman–Crippen LogP) is 0.992. The highest BCUT2D eigenvalue weighted by molar-refractivity contribution is 5.99. The summed E-state index contributed by atoms with van der Waals surface area (Å²) in [6.45, 7) is 1.28. The van der Waals surface area contributed by atoms with Crippen molar-refractivity contribution >= 4 is 23.2 Å². The standard InChI is InChI=1S/C16H18N4O4/c1-2-7-17-15(21)11-18-12-5-6-14(20(23)24)13(10-12)16(22)19-8-3-4-9-19/h1,5-6,10,18H,3-4,7-9,11H2,(H,17,21). The molecule has 1 heterocycles. The number of hydrogen-bond acceptors (Lipinski definition) is 5. The second kappa shape index (κ2) is 7.97. The third-order valence-corrected chi connectivity index (χ3v) is 3.66. The lowest BCUT2D eigenvalue weighted by Gasteiger charge is -2.16. The number of nitro benzene ring substituents is 1. The highest BCUT2D eigenvalue weighted by Crippen LogP contribution is 2.25. The Morgan fingerprint density at radius 3 is 2.67 bits per heavy atom. The Morgan fingerprint density at radius 2 is 2.04 bits per heavy atom. The van der Waals surface area contributed by atoms with Gasteiger partial charge in [0.25, 0.3) is 11.6 Å². The summed E-state index contributed by atoms with van der Waals surface area (Å²) in [6.07, 6.45) is 6.84. The van der Waals surface area contributed by atoms with Gasteiger partial charge in [-0.1, -0.05) is 5.92 Å². The SMILES string of the molecule is C#CCNC(=O)CNc1ccc([N+](=O)[O-])c(C(=O)N2CCCC2)c1. The summed E-state index contributed by atoms with van der Waals surface area (Å²) in [5.74, 6) is 1.62. The minimum Gasteiger partial charge on any atom is -0.376 e. The smallest absolute Gasteiger partial charge is 0.282 e. The zero-order valence-electron chi connectivity index (χ0n) is 13.1. The fourth-order valence-electron chi connectivity index (χ4n) is 2.46. The molecule has 24 heavy (non-hydrogen) atoms. The highest BCUT2D eigenvalue weighted by Gasteiger charge is 2.26. The van der Waals surface area contributed by atoms with Crippen LogP contribution in [0, 0.1) is 22.5 Å². The molecule has 126 valence electrons. The molecule has 8 heteroatoms. The van der Waals surface area contributed by atoms with Crippen LogP contribution in [0.2, 0.25) is 0 Å². The minimum atomic E-state index is -0.577. The number of likely N-dealkylation sites (tertiary alicyclic amines) is 1. The Labute approximate surface area is 139 Å². The Hall–Kier alpha value is -3.08. The van der Waals surface area contributed by atoms with Crippen molar-refractivity contribution in [2.45, 2.75) is 12.8 Å². The molecule has 1 fully saturated rings. The van der Waals surface area contributed by atoms with Gasteiger partial charge in [-0.05, 0) is 25.0 Å². The number of amides is 2. The van der Waals surface area contributed by atoms with Crippen LogP contribution in [-0.2, 0) is 4.79 Å². The number of nitrogens with zero attached hydrogens (tertiary/aromatic N) is 2. The molecule has 0 aromatic heterocycles. The van der Waals surface area contributed by atoms with E-state index in [2.05, 4.69) is 16.6 Å². The lowest BCUT2D eigenvalue weighted by atomic mass is 10.1. The topological polar surface area (TPSA) is 105 Å². The van der Waals surface area contributed by atoms with E-state index < -0.39 is 4.92 Å². The van der Waals surface area contributed by atoms with Crippen molar-refractivity contribution < 1.29 is 14.5 Å². The van der Waals surface area contributed by atoms with E-state index in [1.807, 2.05) is 0 Å². The van der Waals surface area contributed by atoms with Gasteiger partial charge in [0.15, 0.2) is 0 Å². The van der Waals surface area contributed by atoms with E-state index in [4.69, 9.17) is 6.42 Å². The first kappa shape index (κ1) is 17.3. The average molecular weight is 330 g/mol. The quantitative estimate of drug-likeness (QED) is 0.460. The van der Waals surface area contributed by atoms with E-state index in [1.165, 1.54) is 18.2 Å². The van der Waals surface area contributed by atoms with Gasteiger partial charge in [0, 0.05) is 24.8 Å². The van der Waals surface area contributed by atoms with E-state index in [0.29, 0.717) is 18.8 Å². The van der Waals surface area contributed by atoms with Crippen molar-refractivity contribution in [3.05, 3.63) is 33.9 Å². The molecule has 1 aliphatic heterocycles. The number of benzene rings is 1. The molecule has 1 saturated heterocycles. The van der Waals surface area contributed by atoms with Crippen molar-refractivity contribution in [2.24, 2.45) is 0 Å². The van der Waals surface area contributed by atoms with E-state index in [-0.39, 0.29) is 36.2 Å². The monoisotopic (exact) mass is 330 g/mol. The molecule has 1 aromatic rings. The zero-order valence-corrected chi connectivity index (χ0v) is 13.1. The second-order valence-electron chi connectivity index (χ2n) is 5.32. The molecule has 2 rings (SSSR count). The van der Waals surface area contributed by atoms with Gasteiger partial charge in [-0.2, -0.15) is 0 Å². The van der Waals surface area contributed by atoms with Crippen LogP contribution in [0.4, 0.5) is 11.4 Å². The van der Waals surface area contributed by atoms with Gasteiger partial charge in [-0.3, -0.25) is 19.7 Å². The van der Waals surface area contributed by atoms with Gasteiger partial charge in [0.1, 0.15) is 5.56 Å². The number of hydrogen-bond donors (Lipinski definition) is 2. The summed E-state index contributed by atoms with van der Waals surface area (Å²) >= 11 is 0. The van der Waals surface area contributed by atoms with Crippen LogP contribution in [0.5, 0.6) is 0 Å². The summed E-state index contributed by atoms with van der Waals surface area (Å²) in [4.78, 5) is 36.2. The van der Waals surface area contributed by atoms with Gasteiger partial charge >= 0.3 is 0 Å². The largest absolute Gasteiger partial charge is 0.376 e. The first-order valence-electron chi connectivity index (χ1n) is 7.54. The van der Waals surface area contributed by atoms with Gasteiger partial charge < -0.3 is 15.5 Å². The van der Waals surface area contributed by atoms with Crippen LogP contribution in [0.1, 0.15) is 23.2 Å². The first-order chi connectivity index (χ1) is 11.5. The molecule has 2 N–H and O–H groups in total. The molecule has 0 spiro atoms. The van der Waals surface area contributed by atoms with E-state index in [1.54, 1.807) is 4.90 Å². The lowest BCUT2D eigenvalue weighted by molar-refractivity contribution is -0.385. The molecule has 1 aliphatic rings. The van der Waals surface area contributed by atoms with Gasteiger partial charge in [-0.15, -0.1) is 6.42 Å². The third-order valence-electron chi connectivity index (χ3n) is 3.66. The molecule has 0 radical (unpaired) electrons. The van der Waals surface area contributed by atoms with Crippen LogP contribution in [0.25, 0.3) is 0 Å². The fourth-order valence-corrected chi connectivity index (χ4v) is 2.46. The average Bonchev–Trinajstić information content (AvgIpc) is 3.11. The number of carbonyl (C=O) groups is 2.